The van der Waals surface area contributed by atoms with E-state index in [4.69, 9.17) is 4.74 Å². The molecule has 3 heterocycles. The molecule has 0 bridgehead atoms. The predicted molar refractivity (Wildman–Crippen MR) is 98.4 cm³/mol. The normalized spacial score (nSPS) is 21.9. The number of carbonyl (C=O) groups is 3. The number of carbonyl (C=O) groups excluding carboxylic acids is 3. The average molecular weight is 376 g/mol. The number of aromatic amines is 1. The monoisotopic (exact) mass is 376 g/mol. The van der Waals surface area contributed by atoms with Gasteiger partial charge in [-0.2, -0.15) is 5.10 Å². The zero-order valence-electron chi connectivity index (χ0n) is 16.3. The standard InChI is InChI=1S/C19H28N4O4/c1-4-22-12-19(14(17(22)25)11-27-5-2)6-8-23(9-7-19)18(26)16-10-15(13(3)24)20-21-16/h10,14H,4-9,11-12H2,1-3H3,(H,20,21). The second-order valence-corrected chi connectivity index (χ2v) is 7.44. The van der Waals surface area contributed by atoms with Crippen LogP contribution in [0, 0.1) is 11.3 Å². The molecule has 1 atom stereocenters. The Morgan fingerprint density at radius 2 is 2.04 bits per heavy atom. The molecule has 8 nitrogen and oxygen atoms in total. The molecule has 0 radical (unpaired) electrons. The van der Waals surface area contributed by atoms with Gasteiger partial charge in [-0.15, -0.1) is 0 Å². The Bertz CT molecular complexity index is 721. The molecule has 0 aromatic carbocycles. The lowest BCUT2D eigenvalue weighted by Gasteiger charge is -2.41. The molecule has 1 aromatic heterocycles. The van der Waals surface area contributed by atoms with E-state index in [1.807, 2.05) is 18.7 Å². The molecular weight excluding hydrogens is 348 g/mol. The summed E-state index contributed by atoms with van der Waals surface area (Å²) in [5, 5.41) is 6.55. The van der Waals surface area contributed by atoms with E-state index < -0.39 is 0 Å². The van der Waals surface area contributed by atoms with Gasteiger partial charge in [-0.05, 0) is 32.8 Å². The zero-order valence-corrected chi connectivity index (χ0v) is 16.3. The number of Topliss-reactive ketones (excluding diaryl/α,β-unsaturated/α-hetero) is 1. The number of ketones is 1. The first kappa shape index (κ1) is 19.5. The second-order valence-electron chi connectivity index (χ2n) is 7.44. The minimum absolute atomic E-state index is 0.127. The average Bonchev–Trinajstić information content (AvgIpc) is 3.25. The molecule has 8 heteroatoms. The van der Waals surface area contributed by atoms with Gasteiger partial charge in [0, 0.05) is 45.1 Å². The van der Waals surface area contributed by atoms with Crippen molar-refractivity contribution in [3.63, 3.8) is 0 Å². The number of hydrogen-bond donors (Lipinski definition) is 1. The molecule has 3 rings (SSSR count). The number of aromatic nitrogens is 2. The molecule has 1 unspecified atom stereocenters. The van der Waals surface area contributed by atoms with E-state index in [1.165, 1.54) is 13.0 Å². The summed E-state index contributed by atoms with van der Waals surface area (Å²) in [6, 6.07) is 1.50. The topological polar surface area (TPSA) is 95.6 Å². The lowest BCUT2D eigenvalue weighted by atomic mass is 9.71. The molecule has 2 aliphatic heterocycles. The summed E-state index contributed by atoms with van der Waals surface area (Å²) in [4.78, 5) is 40.5. The van der Waals surface area contributed by atoms with Gasteiger partial charge in [0.2, 0.25) is 5.91 Å². The van der Waals surface area contributed by atoms with E-state index >= 15 is 0 Å². The van der Waals surface area contributed by atoms with Crippen molar-refractivity contribution in [3.05, 3.63) is 17.5 Å². The fraction of sp³-hybridized carbons (Fsp3) is 0.684. The van der Waals surface area contributed by atoms with E-state index in [9.17, 15) is 14.4 Å². The molecule has 2 saturated heterocycles. The number of amides is 2. The van der Waals surface area contributed by atoms with E-state index in [0.717, 1.165) is 19.4 Å². The molecule has 1 spiro atoms. The maximum atomic E-state index is 12.7. The summed E-state index contributed by atoms with van der Waals surface area (Å²) in [5.41, 5.74) is 0.473. The number of hydrogen-bond acceptors (Lipinski definition) is 5. The molecule has 2 aliphatic rings. The minimum Gasteiger partial charge on any atom is -0.381 e. The predicted octanol–water partition coefficient (Wildman–Crippen LogP) is 1.35. The number of ether oxygens (including phenoxy) is 1. The van der Waals surface area contributed by atoms with E-state index in [0.29, 0.717) is 38.5 Å². The molecule has 0 saturated carbocycles. The van der Waals surface area contributed by atoms with Crippen LogP contribution in [0.5, 0.6) is 0 Å². The minimum atomic E-state index is -0.175. The maximum absolute atomic E-state index is 12.7. The Morgan fingerprint density at radius 1 is 1.33 bits per heavy atom. The van der Waals surface area contributed by atoms with Crippen LogP contribution < -0.4 is 0 Å². The molecule has 1 N–H and O–H groups in total. The van der Waals surface area contributed by atoms with Crippen molar-refractivity contribution in [2.75, 3.05) is 39.4 Å². The Hall–Kier alpha value is -2.22. The van der Waals surface area contributed by atoms with Gasteiger partial charge in [-0.25, -0.2) is 0 Å². The Kier molecular flexibility index (Phi) is 5.64. The van der Waals surface area contributed by atoms with Gasteiger partial charge in [0.15, 0.2) is 5.78 Å². The Morgan fingerprint density at radius 3 is 2.59 bits per heavy atom. The molecule has 1 aromatic rings. The molecule has 27 heavy (non-hydrogen) atoms. The first-order chi connectivity index (χ1) is 12.9. The van der Waals surface area contributed by atoms with Gasteiger partial charge >= 0.3 is 0 Å². The van der Waals surface area contributed by atoms with Crippen LogP contribution >= 0.6 is 0 Å². The highest BCUT2D eigenvalue weighted by atomic mass is 16.5. The fourth-order valence-corrected chi connectivity index (χ4v) is 4.25. The van der Waals surface area contributed by atoms with Gasteiger partial charge in [-0.1, -0.05) is 0 Å². The molecule has 0 aliphatic carbocycles. The van der Waals surface area contributed by atoms with Gasteiger partial charge < -0.3 is 14.5 Å². The van der Waals surface area contributed by atoms with Crippen LogP contribution in [0.25, 0.3) is 0 Å². The summed E-state index contributed by atoms with van der Waals surface area (Å²) >= 11 is 0. The summed E-state index contributed by atoms with van der Waals surface area (Å²) < 4.78 is 5.60. The van der Waals surface area contributed by atoms with Gasteiger partial charge in [0.05, 0.1) is 12.5 Å². The number of H-pyrrole nitrogens is 1. The lowest BCUT2D eigenvalue weighted by molar-refractivity contribution is -0.133. The molecular formula is C19H28N4O4. The smallest absolute Gasteiger partial charge is 0.271 e. The largest absolute Gasteiger partial charge is 0.381 e. The number of nitrogens with one attached hydrogen (secondary N) is 1. The van der Waals surface area contributed by atoms with E-state index in [2.05, 4.69) is 10.2 Å². The number of rotatable bonds is 6. The molecule has 2 fully saturated rings. The summed E-state index contributed by atoms with van der Waals surface area (Å²) in [6.07, 6.45) is 1.54. The maximum Gasteiger partial charge on any atom is 0.271 e. The van der Waals surface area contributed by atoms with Crippen molar-refractivity contribution >= 4 is 17.6 Å². The van der Waals surface area contributed by atoms with Gasteiger partial charge in [-0.3, -0.25) is 19.5 Å². The van der Waals surface area contributed by atoms with Crippen LogP contribution in [0.2, 0.25) is 0 Å². The second kappa shape index (κ2) is 7.80. The third-order valence-corrected chi connectivity index (χ3v) is 5.94. The first-order valence-electron chi connectivity index (χ1n) is 9.64. The highest BCUT2D eigenvalue weighted by molar-refractivity contribution is 5.97. The van der Waals surface area contributed by atoms with Crippen LogP contribution in [-0.2, 0) is 9.53 Å². The van der Waals surface area contributed by atoms with Crippen molar-refractivity contribution < 1.29 is 19.1 Å². The van der Waals surface area contributed by atoms with Crippen LogP contribution in [-0.4, -0.2) is 77.0 Å². The van der Waals surface area contributed by atoms with Crippen LogP contribution in [0.1, 0.15) is 54.6 Å². The van der Waals surface area contributed by atoms with Crippen LogP contribution in [0.15, 0.2) is 6.07 Å². The summed E-state index contributed by atoms with van der Waals surface area (Å²) in [5.74, 6) is -0.287. The van der Waals surface area contributed by atoms with Crippen molar-refractivity contribution in [2.24, 2.45) is 11.3 Å². The van der Waals surface area contributed by atoms with Gasteiger partial charge in [0.25, 0.3) is 5.91 Å². The summed E-state index contributed by atoms with van der Waals surface area (Å²) in [7, 11) is 0. The van der Waals surface area contributed by atoms with E-state index in [-0.39, 0.29) is 34.6 Å². The highest BCUT2D eigenvalue weighted by Gasteiger charge is 2.53. The highest BCUT2D eigenvalue weighted by Crippen LogP contribution is 2.45. The van der Waals surface area contributed by atoms with Crippen molar-refractivity contribution in [2.45, 2.75) is 33.6 Å². The third-order valence-electron chi connectivity index (χ3n) is 5.94. The third kappa shape index (κ3) is 3.63. The van der Waals surface area contributed by atoms with Crippen molar-refractivity contribution in [1.82, 2.24) is 20.0 Å². The van der Waals surface area contributed by atoms with E-state index in [1.54, 1.807) is 4.90 Å². The molecule has 2 amide bonds. The number of nitrogens with zero attached hydrogens (tertiary/aromatic N) is 3. The van der Waals surface area contributed by atoms with Crippen LogP contribution in [0.4, 0.5) is 0 Å². The fourth-order valence-electron chi connectivity index (χ4n) is 4.25. The summed E-state index contributed by atoms with van der Waals surface area (Å²) in [6.45, 7) is 9.00. The van der Waals surface area contributed by atoms with Gasteiger partial charge in [0.1, 0.15) is 11.4 Å². The SMILES string of the molecule is CCOCC1C(=O)N(CC)CC12CCN(C(=O)c1cc(C(C)=O)n[nH]1)CC2. The molecule has 148 valence electrons. The van der Waals surface area contributed by atoms with Crippen LogP contribution in [0.3, 0.4) is 0 Å². The quantitative estimate of drug-likeness (QED) is 0.756. The number of piperidine rings is 1. The Balaban J connectivity index is 1.69. The number of likely N-dealkylation sites (tertiary alicyclic amines) is 2. The zero-order chi connectivity index (χ0) is 19.6. The van der Waals surface area contributed by atoms with Crippen molar-refractivity contribution in [1.29, 1.82) is 0 Å². The van der Waals surface area contributed by atoms with Crippen molar-refractivity contribution in [3.8, 4) is 0 Å². The lowest BCUT2D eigenvalue weighted by Crippen LogP contribution is -2.47. The first-order valence-corrected chi connectivity index (χ1v) is 9.64. The Labute approximate surface area is 159 Å².